The van der Waals surface area contributed by atoms with Crippen LogP contribution < -0.4 is 0 Å². The molecule has 0 saturated heterocycles. The molecule has 0 saturated carbocycles. The second-order valence-electron chi connectivity index (χ2n) is 6.70. The molecule has 1 atom stereocenters. The summed E-state index contributed by atoms with van der Waals surface area (Å²) in [4.78, 5) is 11.8. The molecule has 0 bridgehead atoms. The summed E-state index contributed by atoms with van der Waals surface area (Å²) in [6.45, 7) is 23.3. The van der Waals surface area contributed by atoms with Gasteiger partial charge in [0.25, 0.3) is 0 Å². The largest absolute Gasteiger partial charge is 0.465 e. The first-order valence-electron chi connectivity index (χ1n) is 13.9. The van der Waals surface area contributed by atoms with Crippen LogP contribution in [0.3, 0.4) is 0 Å². The van der Waals surface area contributed by atoms with Crippen LogP contribution in [0.1, 0.15) is 166 Å². The predicted octanol–water partition coefficient (Wildman–Crippen LogP) is 10.8. The molecule has 0 aliphatic rings. The summed E-state index contributed by atoms with van der Waals surface area (Å²) in [6, 6.07) is 0. The fourth-order valence-electron chi connectivity index (χ4n) is 2.83. The molecule has 0 aliphatic carbocycles. The second-order valence-corrected chi connectivity index (χ2v) is 6.70. The van der Waals surface area contributed by atoms with E-state index in [9.17, 15) is 4.79 Å². The molecule has 0 N–H and O–H groups in total. The normalized spacial score (nSPS) is 9.83. The first-order chi connectivity index (χ1) is 14.7. The average molecular weight is 433 g/mol. The van der Waals surface area contributed by atoms with Crippen LogP contribution in [0.2, 0.25) is 0 Å². The third kappa shape index (κ3) is 41.8. The van der Waals surface area contributed by atoms with Crippen LogP contribution in [0.25, 0.3) is 0 Å². The molecule has 1 unspecified atom stereocenters. The maximum atomic E-state index is 11.8. The molecule has 188 valence electrons. The quantitative estimate of drug-likeness (QED) is 0.179. The highest BCUT2D eigenvalue weighted by Gasteiger charge is 2.12. The number of ether oxygens (including phenoxy) is 1. The Bertz CT molecular complexity index is 239. The topological polar surface area (TPSA) is 26.3 Å². The Hall–Kier alpha value is -0.530. The van der Waals surface area contributed by atoms with Crippen molar-refractivity contribution >= 4 is 5.97 Å². The summed E-state index contributed by atoms with van der Waals surface area (Å²) >= 11 is 0. The van der Waals surface area contributed by atoms with Gasteiger partial charge in [0, 0.05) is 6.42 Å². The van der Waals surface area contributed by atoms with E-state index in [0.717, 1.165) is 12.8 Å². The van der Waals surface area contributed by atoms with Gasteiger partial charge in [-0.15, -0.1) is 0 Å². The lowest BCUT2D eigenvalue weighted by Gasteiger charge is -2.17. The Morgan fingerprint density at radius 1 is 0.567 bits per heavy atom. The van der Waals surface area contributed by atoms with Gasteiger partial charge < -0.3 is 4.74 Å². The molecular weight excluding hydrogens is 368 g/mol. The molecular formula is C28H64O2. The molecule has 30 heavy (non-hydrogen) atoms. The van der Waals surface area contributed by atoms with Gasteiger partial charge in [-0.25, -0.2) is 0 Å². The van der Waals surface area contributed by atoms with Gasteiger partial charge in [0.2, 0.25) is 0 Å². The van der Waals surface area contributed by atoms with Crippen molar-refractivity contribution in [3.63, 3.8) is 0 Å². The lowest BCUT2D eigenvalue weighted by atomic mass is 9.95. The third-order valence-corrected chi connectivity index (χ3v) is 4.40. The van der Waals surface area contributed by atoms with E-state index in [1.165, 1.54) is 70.6 Å². The Morgan fingerprint density at radius 3 is 1.37 bits per heavy atom. The van der Waals surface area contributed by atoms with Crippen molar-refractivity contribution in [1.82, 2.24) is 0 Å². The van der Waals surface area contributed by atoms with Gasteiger partial charge >= 0.3 is 5.97 Å². The molecule has 0 aromatic heterocycles. The van der Waals surface area contributed by atoms with E-state index in [2.05, 4.69) is 20.8 Å². The minimum Gasteiger partial charge on any atom is -0.465 e. The fourth-order valence-corrected chi connectivity index (χ4v) is 2.83. The first-order valence-corrected chi connectivity index (χ1v) is 13.9. The van der Waals surface area contributed by atoms with Gasteiger partial charge in [0.15, 0.2) is 0 Å². The molecule has 0 spiro atoms. The van der Waals surface area contributed by atoms with E-state index < -0.39 is 0 Å². The van der Waals surface area contributed by atoms with Crippen molar-refractivity contribution in [2.75, 3.05) is 6.61 Å². The van der Waals surface area contributed by atoms with E-state index in [-0.39, 0.29) is 5.97 Å². The van der Waals surface area contributed by atoms with E-state index >= 15 is 0 Å². The predicted molar refractivity (Wildman–Crippen MR) is 142 cm³/mol. The van der Waals surface area contributed by atoms with Crippen LogP contribution in [0.4, 0.5) is 0 Å². The number of carbonyl (C=O) groups is 1. The van der Waals surface area contributed by atoms with E-state index in [1.807, 2.05) is 55.4 Å². The average Bonchev–Trinajstić information content (AvgIpc) is 2.83. The highest BCUT2D eigenvalue weighted by atomic mass is 16.5. The van der Waals surface area contributed by atoms with Gasteiger partial charge in [0.05, 0.1) is 6.61 Å². The number of unbranched alkanes of at least 4 members (excludes halogenated alkanes) is 8. The standard InChI is InChI=1S/C20H40O2.4C2H6/c1-4-7-10-13-16-19(15-12-9-6-3)18-22-20(21)17-14-11-8-5-2;4*1-2/h19H,4-18H2,1-3H3;4*1-2H3. The zero-order chi connectivity index (χ0) is 24.5. The SMILES string of the molecule is CC.CC.CC.CC.CCCCCCC(=O)OCC(CCCCC)CCCCCC. The van der Waals surface area contributed by atoms with Crippen molar-refractivity contribution in [2.45, 2.75) is 166 Å². The molecule has 0 aromatic rings. The highest BCUT2D eigenvalue weighted by Crippen LogP contribution is 2.19. The first kappa shape index (κ1) is 39.9. The van der Waals surface area contributed by atoms with E-state index in [0.29, 0.717) is 18.9 Å². The Balaban J connectivity index is -0.000000231. The maximum Gasteiger partial charge on any atom is 0.305 e. The number of hydrogen-bond donors (Lipinski definition) is 0. The molecule has 0 radical (unpaired) electrons. The van der Waals surface area contributed by atoms with Crippen molar-refractivity contribution in [2.24, 2.45) is 5.92 Å². The summed E-state index contributed by atoms with van der Waals surface area (Å²) in [6.07, 6.45) is 16.7. The van der Waals surface area contributed by atoms with Crippen LogP contribution in [0, 0.1) is 5.92 Å². The number of rotatable bonds is 16. The Morgan fingerprint density at radius 2 is 0.933 bits per heavy atom. The second kappa shape index (κ2) is 46.6. The van der Waals surface area contributed by atoms with Gasteiger partial charge in [0.1, 0.15) is 0 Å². The summed E-state index contributed by atoms with van der Waals surface area (Å²) in [5.41, 5.74) is 0. The molecule has 2 heteroatoms. The zero-order valence-electron chi connectivity index (χ0n) is 23.5. The highest BCUT2D eigenvalue weighted by molar-refractivity contribution is 5.69. The molecule has 0 fully saturated rings. The fraction of sp³-hybridized carbons (Fsp3) is 0.964. The Labute approximate surface area is 194 Å². The summed E-state index contributed by atoms with van der Waals surface area (Å²) in [7, 11) is 0. The zero-order valence-corrected chi connectivity index (χ0v) is 23.5. The minimum absolute atomic E-state index is 0.0187. The smallest absolute Gasteiger partial charge is 0.305 e. The maximum absolute atomic E-state index is 11.8. The third-order valence-electron chi connectivity index (χ3n) is 4.40. The number of carbonyl (C=O) groups excluding carboxylic acids is 1. The van der Waals surface area contributed by atoms with Crippen molar-refractivity contribution < 1.29 is 9.53 Å². The van der Waals surface area contributed by atoms with Gasteiger partial charge in [-0.1, -0.05) is 140 Å². The molecule has 0 aliphatic heterocycles. The van der Waals surface area contributed by atoms with Crippen LogP contribution in [0.15, 0.2) is 0 Å². The van der Waals surface area contributed by atoms with Crippen molar-refractivity contribution in [1.29, 1.82) is 0 Å². The van der Waals surface area contributed by atoms with Gasteiger partial charge in [-0.2, -0.15) is 0 Å². The van der Waals surface area contributed by atoms with Gasteiger partial charge in [-0.3, -0.25) is 4.79 Å². The molecule has 0 heterocycles. The summed E-state index contributed by atoms with van der Waals surface area (Å²) < 4.78 is 5.53. The molecule has 2 nitrogen and oxygen atoms in total. The van der Waals surface area contributed by atoms with Crippen LogP contribution >= 0.6 is 0 Å². The minimum atomic E-state index is 0.0187. The summed E-state index contributed by atoms with van der Waals surface area (Å²) in [5, 5.41) is 0. The number of esters is 1. The molecule has 0 rings (SSSR count). The molecule has 0 amide bonds. The monoisotopic (exact) mass is 432 g/mol. The van der Waals surface area contributed by atoms with Crippen LogP contribution in [-0.2, 0) is 9.53 Å². The lowest BCUT2D eigenvalue weighted by molar-refractivity contribution is -0.145. The van der Waals surface area contributed by atoms with Gasteiger partial charge in [-0.05, 0) is 25.2 Å². The molecule has 0 aromatic carbocycles. The van der Waals surface area contributed by atoms with E-state index in [4.69, 9.17) is 4.74 Å². The Kier molecular flexibility index (Phi) is 62.0. The summed E-state index contributed by atoms with van der Waals surface area (Å²) in [5.74, 6) is 0.605. The lowest BCUT2D eigenvalue weighted by Crippen LogP contribution is -2.14. The van der Waals surface area contributed by atoms with E-state index in [1.54, 1.807) is 0 Å². The van der Waals surface area contributed by atoms with Crippen molar-refractivity contribution in [3.05, 3.63) is 0 Å². The number of hydrogen-bond acceptors (Lipinski definition) is 2. The van der Waals surface area contributed by atoms with Crippen LogP contribution in [0.5, 0.6) is 0 Å². The van der Waals surface area contributed by atoms with Crippen LogP contribution in [-0.4, -0.2) is 12.6 Å². The van der Waals surface area contributed by atoms with Crippen molar-refractivity contribution in [3.8, 4) is 0 Å².